The van der Waals surface area contributed by atoms with Crippen molar-refractivity contribution < 1.29 is 19.1 Å². The minimum absolute atomic E-state index is 0.0301. The molecule has 0 bridgehead atoms. The highest BCUT2D eigenvalue weighted by molar-refractivity contribution is 6.08. The molecule has 0 aliphatic carbocycles. The van der Waals surface area contributed by atoms with Crippen LogP contribution in [-0.4, -0.2) is 49.6 Å². The van der Waals surface area contributed by atoms with Crippen molar-refractivity contribution in [2.75, 3.05) is 30.9 Å². The lowest BCUT2D eigenvalue weighted by Crippen LogP contribution is -2.53. The fraction of sp³-hybridized carbons (Fsp3) is 0.348. The number of hydrogen-bond acceptors (Lipinski definition) is 5. The Morgan fingerprint density at radius 3 is 2.70 bits per heavy atom. The van der Waals surface area contributed by atoms with Crippen LogP contribution in [0.4, 0.5) is 11.4 Å². The van der Waals surface area contributed by atoms with Crippen molar-refractivity contribution in [1.29, 1.82) is 0 Å². The average molecular weight is 407 g/mol. The van der Waals surface area contributed by atoms with Crippen molar-refractivity contribution in [2.24, 2.45) is 0 Å². The van der Waals surface area contributed by atoms with E-state index in [1.165, 1.54) is 7.11 Å². The van der Waals surface area contributed by atoms with Gasteiger partial charge in [-0.05, 0) is 55.7 Å². The van der Waals surface area contributed by atoms with Crippen LogP contribution in [0.15, 0.2) is 42.5 Å². The summed E-state index contributed by atoms with van der Waals surface area (Å²) in [4.78, 5) is 41.6. The number of rotatable bonds is 3. The van der Waals surface area contributed by atoms with Gasteiger partial charge in [-0.25, -0.2) is 4.79 Å². The van der Waals surface area contributed by atoms with Crippen molar-refractivity contribution in [3.05, 3.63) is 59.2 Å². The molecule has 1 saturated heterocycles. The SMILES string of the molecule is COC(=O)c1cccc(NC(=O)c2ccc3c(c2)N(C)C2CCCCCN2C3=O)c1. The number of anilines is 2. The maximum absolute atomic E-state index is 13.0. The first-order valence-electron chi connectivity index (χ1n) is 10.2. The number of nitrogens with zero attached hydrogens (tertiary/aromatic N) is 2. The zero-order valence-corrected chi connectivity index (χ0v) is 17.2. The van der Waals surface area contributed by atoms with Gasteiger partial charge in [-0.1, -0.05) is 12.5 Å². The van der Waals surface area contributed by atoms with Gasteiger partial charge in [-0.2, -0.15) is 0 Å². The number of esters is 1. The van der Waals surface area contributed by atoms with Gasteiger partial charge < -0.3 is 19.9 Å². The van der Waals surface area contributed by atoms with E-state index in [0.717, 1.165) is 37.9 Å². The van der Waals surface area contributed by atoms with Gasteiger partial charge in [0.25, 0.3) is 11.8 Å². The fourth-order valence-corrected chi connectivity index (χ4v) is 4.24. The minimum atomic E-state index is -0.465. The van der Waals surface area contributed by atoms with Crippen molar-refractivity contribution >= 4 is 29.2 Å². The lowest BCUT2D eigenvalue weighted by Gasteiger charge is -2.43. The number of fused-ring (bicyclic) bond motifs is 2. The monoisotopic (exact) mass is 407 g/mol. The second-order valence-electron chi connectivity index (χ2n) is 7.70. The molecule has 7 nitrogen and oxygen atoms in total. The predicted octanol–water partition coefficient (Wildman–Crippen LogP) is 3.52. The summed E-state index contributed by atoms with van der Waals surface area (Å²) in [6.45, 7) is 0.770. The Morgan fingerprint density at radius 1 is 1.07 bits per heavy atom. The highest BCUT2D eigenvalue weighted by Crippen LogP contribution is 2.34. The average Bonchev–Trinajstić information content (AvgIpc) is 3.03. The Morgan fingerprint density at radius 2 is 1.90 bits per heavy atom. The minimum Gasteiger partial charge on any atom is -0.465 e. The first-order valence-corrected chi connectivity index (χ1v) is 10.2. The van der Waals surface area contributed by atoms with Crippen LogP contribution in [0, 0.1) is 0 Å². The third-order valence-electron chi connectivity index (χ3n) is 5.84. The molecular weight excluding hydrogens is 382 g/mol. The van der Waals surface area contributed by atoms with Gasteiger partial charge >= 0.3 is 5.97 Å². The number of ether oxygens (including phenoxy) is 1. The zero-order chi connectivity index (χ0) is 21.3. The summed E-state index contributed by atoms with van der Waals surface area (Å²) in [7, 11) is 3.30. The molecule has 7 heteroatoms. The van der Waals surface area contributed by atoms with Crippen LogP contribution in [0.1, 0.15) is 56.8 Å². The van der Waals surface area contributed by atoms with Crippen LogP contribution in [0.25, 0.3) is 0 Å². The summed E-state index contributed by atoms with van der Waals surface area (Å²) in [6.07, 6.45) is 4.20. The molecule has 0 saturated carbocycles. The first kappa shape index (κ1) is 19.9. The van der Waals surface area contributed by atoms with E-state index in [2.05, 4.69) is 10.2 Å². The number of amides is 2. The highest BCUT2D eigenvalue weighted by Gasteiger charge is 2.36. The number of methoxy groups -OCH3 is 1. The van der Waals surface area contributed by atoms with Gasteiger partial charge in [-0.3, -0.25) is 9.59 Å². The summed E-state index contributed by atoms with van der Waals surface area (Å²) in [5, 5.41) is 2.82. The Bertz CT molecular complexity index is 1000. The quantitative estimate of drug-likeness (QED) is 0.788. The molecule has 2 aliphatic rings. The van der Waals surface area contributed by atoms with Crippen LogP contribution < -0.4 is 10.2 Å². The first-order chi connectivity index (χ1) is 14.5. The van der Waals surface area contributed by atoms with Crippen LogP contribution >= 0.6 is 0 Å². The fourth-order valence-electron chi connectivity index (χ4n) is 4.24. The predicted molar refractivity (Wildman–Crippen MR) is 114 cm³/mol. The second-order valence-corrected chi connectivity index (χ2v) is 7.70. The van der Waals surface area contributed by atoms with Gasteiger partial charge in [0.15, 0.2) is 0 Å². The molecule has 2 amide bonds. The summed E-state index contributed by atoms with van der Waals surface area (Å²) in [5.74, 6) is -0.732. The molecule has 1 N–H and O–H groups in total. The summed E-state index contributed by atoms with van der Waals surface area (Å²) < 4.78 is 4.72. The molecule has 0 aromatic heterocycles. The Labute approximate surface area is 175 Å². The van der Waals surface area contributed by atoms with E-state index in [1.807, 2.05) is 11.9 Å². The normalized spacial score (nSPS) is 18.2. The van der Waals surface area contributed by atoms with E-state index in [-0.39, 0.29) is 18.0 Å². The maximum atomic E-state index is 13.0. The van der Waals surface area contributed by atoms with E-state index in [1.54, 1.807) is 42.5 Å². The molecule has 1 fully saturated rings. The van der Waals surface area contributed by atoms with E-state index in [0.29, 0.717) is 22.4 Å². The molecule has 4 rings (SSSR count). The zero-order valence-electron chi connectivity index (χ0n) is 17.2. The number of hydrogen-bond donors (Lipinski definition) is 1. The van der Waals surface area contributed by atoms with Crippen LogP contribution in [0.5, 0.6) is 0 Å². The number of nitrogens with one attached hydrogen (secondary N) is 1. The van der Waals surface area contributed by atoms with Gasteiger partial charge in [0.2, 0.25) is 0 Å². The molecule has 156 valence electrons. The Hall–Kier alpha value is -3.35. The van der Waals surface area contributed by atoms with Crippen LogP contribution in [-0.2, 0) is 4.74 Å². The molecule has 30 heavy (non-hydrogen) atoms. The van der Waals surface area contributed by atoms with Crippen molar-refractivity contribution in [1.82, 2.24) is 4.90 Å². The molecule has 0 radical (unpaired) electrons. The molecule has 0 spiro atoms. The number of carbonyl (C=O) groups is 3. The Kier molecular flexibility index (Phi) is 5.44. The van der Waals surface area contributed by atoms with E-state index in [4.69, 9.17) is 4.74 Å². The largest absolute Gasteiger partial charge is 0.465 e. The molecule has 2 aliphatic heterocycles. The molecule has 2 heterocycles. The van der Waals surface area contributed by atoms with Gasteiger partial charge in [0, 0.05) is 24.8 Å². The smallest absolute Gasteiger partial charge is 0.337 e. The van der Waals surface area contributed by atoms with Gasteiger partial charge in [0.1, 0.15) is 6.17 Å². The second kappa shape index (κ2) is 8.18. The molecule has 1 atom stereocenters. The van der Waals surface area contributed by atoms with E-state index >= 15 is 0 Å². The molecule has 1 unspecified atom stereocenters. The lowest BCUT2D eigenvalue weighted by atomic mass is 10.0. The van der Waals surface area contributed by atoms with Gasteiger partial charge in [0.05, 0.1) is 23.9 Å². The summed E-state index contributed by atoms with van der Waals surface area (Å²) in [5.41, 5.74) is 2.72. The van der Waals surface area contributed by atoms with Crippen molar-refractivity contribution in [3.8, 4) is 0 Å². The topological polar surface area (TPSA) is 79.0 Å². The lowest BCUT2D eigenvalue weighted by molar-refractivity contribution is 0.0599. The third-order valence-corrected chi connectivity index (χ3v) is 5.84. The van der Waals surface area contributed by atoms with Crippen molar-refractivity contribution in [2.45, 2.75) is 31.8 Å². The maximum Gasteiger partial charge on any atom is 0.337 e. The van der Waals surface area contributed by atoms with Crippen LogP contribution in [0.2, 0.25) is 0 Å². The van der Waals surface area contributed by atoms with Crippen LogP contribution in [0.3, 0.4) is 0 Å². The highest BCUT2D eigenvalue weighted by atomic mass is 16.5. The standard InChI is InChI=1S/C23H25N3O4/c1-25-19-14-15(21(27)24-17-8-6-7-16(13-17)23(29)30-2)10-11-18(19)22(28)26-12-5-3-4-9-20(25)26/h6-8,10-11,13-14,20H,3-5,9,12H2,1-2H3,(H,24,27). The van der Waals surface area contributed by atoms with E-state index in [9.17, 15) is 14.4 Å². The van der Waals surface area contributed by atoms with Gasteiger partial charge in [-0.15, -0.1) is 0 Å². The number of carbonyl (C=O) groups excluding carboxylic acids is 3. The third kappa shape index (κ3) is 3.63. The van der Waals surface area contributed by atoms with Crippen molar-refractivity contribution in [3.63, 3.8) is 0 Å². The molecule has 2 aromatic rings. The Balaban J connectivity index is 1.59. The summed E-state index contributed by atoms with van der Waals surface area (Å²) in [6, 6.07) is 11.8. The number of benzene rings is 2. The molecular formula is C23H25N3O4. The van der Waals surface area contributed by atoms with E-state index < -0.39 is 5.97 Å². The summed E-state index contributed by atoms with van der Waals surface area (Å²) >= 11 is 0. The molecule has 2 aromatic carbocycles.